The highest BCUT2D eigenvalue weighted by molar-refractivity contribution is 6.30. The molecule has 0 bridgehead atoms. The Morgan fingerprint density at radius 1 is 1.25 bits per heavy atom. The van der Waals surface area contributed by atoms with Crippen molar-refractivity contribution in [3.05, 3.63) is 52.5 Å². The van der Waals surface area contributed by atoms with E-state index < -0.39 is 5.95 Å². The van der Waals surface area contributed by atoms with Gasteiger partial charge in [-0.05, 0) is 43.9 Å². The molecule has 2 aliphatic heterocycles. The third-order valence-electron chi connectivity index (χ3n) is 5.53. The number of piperidine rings is 1. The number of carbonyl (C=O) groups excluding carboxylic acids is 1. The molecule has 5 heterocycles. The van der Waals surface area contributed by atoms with Crippen LogP contribution < -0.4 is 0 Å². The minimum Gasteiger partial charge on any atom is -0.357 e. The maximum Gasteiger partial charge on any atom is 0.255 e. The predicted molar refractivity (Wildman–Crippen MR) is 98.4 cm³/mol. The van der Waals surface area contributed by atoms with E-state index in [1.807, 2.05) is 4.90 Å². The van der Waals surface area contributed by atoms with Gasteiger partial charge in [0, 0.05) is 18.8 Å². The number of aromatic amines is 1. The zero-order chi connectivity index (χ0) is 19.3. The Morgan fingerprint density at radius 2 is 2.14 bits per heavy atom. The molecule has 0 unspecified atom stereocenters. The van der Waals surface area contributed by atoms with Crippen molar-refractivity contribution in [2.45, 2.75) is 37.6 Å². The fourth-order valence-corrected chi connectivity index (χ4v) is 4.27. The number of nitrogens with zero attached hydrogens (tertiary/aromatic N) is 4. The summed E-state index contributed by atoms with van der Waals surface area (Å²) in [6.45, 7) is 0.493. The van der Waals surface area contributed by atoms with Crippen molar-refractivity contribution in [1.29, 1.82) is 0 Å². The second-order valence-electron chi connectivity index (χ2n) is 7.24. The fraction of sp³-hybridized carbons (Fsp3) is 0.368. The number of fused-ring (bicyclic) bond motifs is 2. The monoisotopic (exact) mass is 401 g/mol. The van der Waals surface area contributed by atoms with Gasteiger partial charge in [-0.15, -0.1) is 0 Å². The van der Waals surface area contributed by atoms with E-state index in [2.05, 4.69) is 20.1 Å². The lowest BCUT2D eigenvalue weighted by Gasteiger charge is -2.37. The largest absolute Gasteiger partial charge is 0.357 e. The molecule has 0 radical (unpaired) electrons. The highest BCUT2D eigenvalue weighted by atomic mass is 35.5. The Bertz CT molecular complexity index is 1050. The molecule has 0 aromatic carbocycles. The van der Waals surface area contributed by atoms with E-state index in [1.54, 1.807) is 12.3 Å². The summed E-state index contributed by atoms with van der Waals surface area (Å²) in [4.78, 5) is 26.3. The number of hydrogen-bond donors (Lipinski definition) is 1. The first-order valence-electron chi connectivity index (χ1n) is 9.23. The van der Waals surface area contributed by atoms with Gasteiger partial charge in [0.2, 0.25) is 17.7 Å². The van der Waals surface area contributed by atoms with Crippen molar-refractivity contribution in [2.24, 2.45) is 0 Å². The van der Waals surface area contributed by atoms with Gasteiger partial charge in [0.15, 0.2) is 0 Å². The SMILES string of the molecule is O=C1c2ccc(F)nc2CC[C@@H]2CC[C@H](c3nc(-c4cc(Cl)c[nH]4)no3)CN12. The van der Waals surface area contributed by atoms with Crippen LogP contribution in [0.4, 0.5) is 4.39 Å². The highest BCUT2D eigenvalue weighted by Crippen LogP contribution is 2.35. The molecule has 9 heteroatoms. The Hall–Kier alpha value is -2.74. The Balaban J connectivity index is 1.40. The number of carbonyl (C=O) groups is 1. The van der Waals surface area contributed by atoms with Crippen LogP contribution in [0.15, 0.2) is 28.9 Å². The van der Waals surface area contributed by atoms with Crippen molar-refractivity contribution in [2.75, 3.05) is 6.54 Å². The van der Waals surface area contributed by atoms with Crippen LogP contribution in [-0.2, 0) is 6.42 Å². The van der Waals surface area contributed by atoms with Gasteiger partial charge in [-0.3, -0.25) is 4.79 Å². The van der Waals surface area contributed by atoms with Gasteiger partial charge >= 0.3 is 0 Å². The lowest BCUT2D eigenvalue weighted by Crippen LogP contribution is -2.45. The van der Waals surface area contributed by atoms with Crippen molar-refractivity contribution in [1.82, 2.24) is 25.0 Å². The lowest BCUT2D eigenvalue weighted by molar-refractivity contribution is 0.0570. The number of amides is 1. The van der Waals surface area contributed by atoms with E-state index >= 15 is 0 Å². The van der Waals surface area contributed by atoms with Crippen molar-refractivity contribution >= 4 is 17.5 Å². The molecule has 1 fully saturated rings. The molecule has 1 amide bonds. The average Bonchev–Trinajstić information content (AvgIpc) is 3.32. The predicted octanol–water partition coefficient (Wildman–Crippen LogP) is 3.59. The molecule has 5 rings (SSSR count). The Morgan fingerprint density at radius 3 is 2.96 bits per heavy atom. The third-order valence-corrected chi connectivity index (χ3v) is 5.75. The number of hydrogen-bond acceptors (Lipinski definition) is 5. The maximum atomic E-state index is 13.5. The number of pyridine rings is 1. The number of H-pyrrole nitrogens is 1. The summed E-state index contributed by atoms with van der Waals surface area (Å²) in [6, 6.07) is 4.62. The molecule has 1 saturated heterocycles. The van der Waals surface area contributed by atoms with Crippen LogP contribution in [0.3, 0.4) is 0 Å². The van der Waals surface area contributed by atoms with Gasteiger partial charge < -0.3 is 14.4 Å². The van der Waals surface area contributed by atoms with E-state index in [1.165, 1.54) is 12.1 Å². The summed E-state index contributed by atoms with van der Waals surface area (Å²) in [5, 5.41) is 4.60. The van der Waals surface area contributed by atoms with E-state index in [0.717, 1.165) is 19.3 Å². The summed E-state index contributed by atoms with van der Waals surface area (Å²) >= 11 is 5.93. The molecule has 7 nitrogen and oxygen atoms in total. The van der Waals surface area contributed by atoms with Gasteiger partial charge in [-0.25, -0.2) is 4.98 Å². The van der Waals surface area contributed by atoms with Gasteiger partial charge in [-0.1, -0.05) is 16.8 Å². The zero-order valence-corrected chi connectivity index (χ0v) is 15.6. The smallest absolute Gasteiger partial charge is 0.255 e. The number of aryl methyl sites for hydroxylation is 1. The molecule has 0 spiro atoms. The third kappa shape index (κ3) is 2.97. The second-order valence-corrected chi connectivity index (χ2v) is 7.68. The Kier molecular flexibility index (Phi) is 4.16. The van der Waals surface area contributed by atoms with E-state index in [0.29, 0.717) is 46.7 Å². The molecular formula is C19H17ClFN5O2. The highest BCUT2D eigenvalue weighted by Gasteiger charge is 2.37. The molecule has 2 aliphatic rings. The van der Waals surface area contributed by atoms with E-state index in [9.17, 15) is 9.18 Å². The fourth-order valence-electron chi connectivity index (χ4n) is 4.10. The molecule has 2 atom stereocenters. The average molecular weight is 402 g/mol. The van der Waals surface area contributed by atoms with Crippen LogP contribution in [0.2, 0.25) is 5.02 Å². The minimum atomic E-state index is -0.549. The van der Waals surface area contributed by atoms with Gasteiger partial charge in [0.1, 0.15) is 0 Å². The topological polar surface area (TPSA) is 87.9 Å². The van der Waals surface area contributed by atoms with Crippen LogP contribution in [0, 0.1) is 5.95 Å². The first kappa shape index (κ1) is 17.4. The minimum absolute atomic E-state index is 0.0400. The summed E-state index contributed by atoms with van der Waals surface area (Å²) in [7, 11) is 0. The quantitative estimate of drug-likeness (QED) is 0.663. The van der Waals surface area contributed by atoms with Crippen LogP contribution in [0.5, 0.6) is 0 Å². The van der Waals surface area contributed by atoms with Crippen LogP contribution in [0.25, 0.3) is 11.5 Å². The van der Waals surface area contributed by atoms with Gasteiger partial charge in [0.05, 0.1) is 27.9 Å². The number of nitrogens with one attached hydrogen (secondary N) is 1. The normalized spacial score (nSPS) is 21.9. The van der Waals surface area contributed by atoms with Crippen molar-refractivity contribution in [3.8, 4) is 11.5 Å². The van der Waals surface area contributed by atoms with E-state index in [-0.39, 0.29) is 17.9 Å². The van der Waals surface area contributed by atoms with Crippen LogP contribution in [0.1, 0.15) is 47.1 Å². The van der Waals surface area contributed by atoms with E-state index in [4.69, 9.17) is 16.1 Å². The summed E-state index contributed by atoms with van der Waals surface area (Å²) < 4.78 is 19.0. The molecule has 1 N–H and O–H groups in total. The molecule has 3 aromatic heterocycles. The number of aromatic nitrogens is 4. The van der Waals surface area contributed by atoms with Crippen molar-refractivity contribution in [3.63, 3.8) is 0 Å². The maximum absolute atomic E-state index is 13.5. The van der Waals surface area contributed by atoms with Gasteiger partial charge in [-0.2, -0.15) is 9.37 Å². The van der Waals surface area contributed by atoms with Crippen LogP contribution >= 0.6 is 11.6 Å². The first-order valence-corrected chi connectivity index (χ1v) is 9.60. The van der Waals surface area contributed by atoms with Gasteiger partial charge in [0.25, 0.3) is 5.91 Å². The van der Waals surface area contributed by atoms with Crippen molar-refractivity contribution < 1.29 is 13.7 Å². The summed E-state index contributed by atoms with van der Waals surface area (Å²) in [5.41, 5.74) is 1.71. The summed E-state index contributed by atoms with van der Waals surface area (Å²) in [6.07, 6.45) is 4.71. The molecule has 144 valence electrons. The molecule has 0 aliphatic carbocycles. The first-order chi connectivity index (χ1) is 13.6. The number of rotatable bonds is 2. The molecule has 28 heavy (non-hydrogen) atoms. The Labute approximate surface area is 164 Å². The zero-order valence-electron chi connectivity index (χ0n) is 14.9. The summed E-state index contributed by atoms with van der Waals surface area (Å²) in [5.74, 6) is 0.254. The van der Waals surface area contributed by atoms with Crippen LogP contribution in [-0.4, -0.2) is 43.5 Å². The second kappa shape index (κ2) is 6.70. The molecular weight excluding hydrogens is 385 g/mol. The lowest BCUT2D eigenvalue weighted by atomic mass is 9.91. The molecule has 3 aromatic rings. The number of halogens is 2. The standard InChI is InChI=1S/C19H17ClFN5O2/c20-11-7-15(22-8-11)17-24-18(28-25-17)10-1-2-12-3-5-14-13(4-6-16(21)23-14)19(27)26(12)9-10/h4,6-8,10,12,22H,1-3,5,9H2/t10-,12-/m0/s1. The molecule has 0 saturated carbocycles.